The Morgan fingerprint density at radius 1 is 1.33 bits per heavy atom. The molecule has 0 atom stereocenters. The lowest BCUT2D eigenvalue weighted by atomic mass is 10.1. The van der Waals surface area contributed by atoms with Crippen molar-refractivity contribution in [3.8, 4) is 0 Å². The third kappa shape index (κ3) is 3.76. The highest BCUT2D eigenvalue weighted by atomic mass is 16.1. The smallest absolute Gasteiger partial charge is 0.161 e. The van der Waals surface area contributed by atoms with Gasteiger partial charge in [-0.1, -0.05) is 19.8 Å². The lowest BCUT2D eigenvalue weighted by Gasteiger charge is -2.22. The molecule has 0 amide bonds. The first-order valence-electron chi connectivity index (χ1n) is 6.64. The Balaban J connectivity index is 2.92. The highest BCUT2D eigenvalue weighted by Crippen LogP contribution is 2.24. The molecule has 100 valence electrons. The molecule has 18 heavy (non-hydrogen) atoms. The summed E-state index contributed by atoms with van der Waals surface area (Å²) < 4.78 is 0. The van der Waals surface area contributed by atoms with Crippen LogP contribution in [0.3, 0.4) is 0 Å². The summed E-state index contributed by atoms with van der Waals surface area (Å²) in [5, 5.41) is 3.12. The number of Topliss-reactive ketones (excluding diaryl/α,β-unsaturated/α-hetero) is 1. The summed E-state index contributed by atoms with van der Waals surface area (Å²) in [4.78, 5) is 13.8. The van der Waals surface area contributed by atoms with Crippen molar-refractivity contribution in [2.45, 2.75) is 33.1 Å². The van der Waals surface area contributed by atoms with Crippen LogP contribution in [0.25, 0.3) is 0 Å². The number of ketones is 1. The van der Waals surface area contributed by atoms with Crippen LogP contribution in [0.2, 0.25) is 0 Å². The first kappa shape index (κ1) is 14.6. The fourth-order valence-electron chi connectivity index (χ4n) is 2.02. The van der Waals surface area contributed by atoms with Gasteiger partial charge < -0.3 is 10.2 Å². The molecular formula is C15H24N2O. The van der Waals surface area contributed by atoms with Gasteiger partial charge in [0.15, 0.2) is 5.78 Å². The Kier molecular flexibility index (Phi) is 5.69. The average molecular weight is 248 g/mol. The van der Waals surface area contributed by atoms with E-state index < -0.39 is 0 Å². The van der Waals surface area contributed by atoms with Crippen LogP contribution < -0.4 is 10.2 Å². The van der Waals surface area contributed by atoms with Crippen LogP contribution in [0.5, 0.6) is 0 Å². The number of nitrogens with zero attached hydrogens (tertiary/aromatic N) is 1. The molecule has 0 unspecified atom stereocenters. The standard InChI is InChI=1S/C15H24N2O/c1-5-6-7-10-17(4)15-11-13(16-3)8-9-14(15)12(2)18/h8-9,11,16H,5-7,10H2,1-4H3. The minimum Gasteiger partial charge on any atom is -0.388 e. The predicted octanol–water partition coefficient (Wildman–Crippen LogP) is 3.56. The summed E-state index contributed by atoms with van der Waals surface area (Å²) in [5.74, 6) is 0.120. The number of nitrogens with one attached hydrogen (secondary N) is 1. The fraction of sp³-hybridized carbons (Fsp3) is 0.533. The first-order chi connectivity index (χ1) is 8.60. The lowest BCUT2D eigenvalue weighted by molar-refractivity contribution is 0.101. The monoisotopic (exact) mass is 248 g/mol. The van der Waals surface area contributed by atoms with Crippen LogP contribution in [-0.2, 0) is 0 Å². The van der Waals surface area contributed by atoms with Crippen molar-refractivity contribution < 1.29 is 4.79 Å². The van der Waals surface area contributed by atoms with Crippen LogP contribution in [0.4, 0.5) is 11.4 Å². The number of unbranched alkanes of at least 4 members (excludes halogenated alkanes) is 2. The molecule has 3 nitrogen and oxygen atoms in total. The van der Waals surface area contributed by atoms with Crippen molar-refractivity contribution >= 4 is 17.2 Å². The van der Waals surface area contributed by atoms with Crippen LogP contribution in [0.15, 0.2) is 18.2 Å². The minimum atomic E-state index is 0.120. The molecule has 3 heteroatoms. The molecule has 0 aliphatic heterocycles. The molecule has 0 spiro atoms. The van der Waals surface area contributed by atoms with Crippen LogP contribution >= 0.6 is 0 Å². The second-order valence-corrected chi connectivity index (χ2v) is 4.67. The zero-order chi connectivity index (χ0) is 13.5. The van der Waals surface area contributed by atoms with Crippen LogP contribution in [0.1, 0.15) is 43.5 Å². The van der Waals surface area contributed by atoms with Gasteiger partial charge >= 0.3 is 0 Å². The van der Waals surface area contributed by atoms with Crippen molar-refractivity contribution in [1.29, 1.82) is 0 Å². The quantitative estimate of drug-likeness (QED) is 0.591. The second kappa shape index (κ2) is 7.04. The van der Waals surface area contributed by atoms with Crippen LogP contribution in [-0.4, -0.2) is 26.4 Å². The van der Waals surface area contributed by atoms with Crippen LogP contribution in [0, 0.1) is 0 Å². The molecule has 0 aliphatic rings. The normalized spacial score (nSPS) is 10.2. The number of hydrogen-bond donors (Lipinski definition) is 1. The summed E-state index contributed by atoms with van der Waals surface area (Å²) in [6.07, 6.45) is 3.60. The molecule has 0 saturated carbocycles. The van der Waals surface area contributed by atoms with E-state index in [1.165, 1.54) is 12.8 Å². The van der Waals surface area contributed by atoms with Gasteiger partial charge in [0.1, 0.15) is 0 Å². The van der Waals surface area contributed by atoms with Crippen molar-refractivity contribution in [2.75, 3.05) is 30.9 Å². The Morgan fingerprint density at radius 2 is 2.06 bits per heavy atom. The van der Waals surface area contributed by atoms with Gasteiger partial charge in [-0.25, -0.2) is 0 Å². The highest BCUT2D eigenvalue weighted by molar-refractivity contribution is 6.00. The maximum atomic E-state index is 11.7. The molecule has 1 aromatic carbocycles. The van der Waals surface area contributed by atoms with E-state index in [1.807, 2.05) is 25.2 Å². The summed E-state index contributed by atoms with van der Waals surface area (Å²) in [6.45, 7) is 4.81. The van der Waals surface area contributed by atoms with Gasteiger partial charge in [-0.2, -0.15) is 0 Å². The number of hydrogen-bond acceptors (Lipinski definition) is 3. The number of benzene rings is 1. The second-order valence-electron chi connectivity index (χ2n) is 4.67. The number of carbonyl (C=O) groups is 1. The SMILES string of the molecule is CCCCCN(C)c1cc(NC)ccc1C(C)=O. The van der Waals surface area contributed by atoms with E-state index in [4.69, 9.17) is 0 Å². The molecule has 0 aliphatic carbocycles. The van der Waals surface area contributed by atoms with E-state index in [0.717, 1.165) is 29.9 Å². The molecule has 0 bridgehead atoms. The van der Waals surface area contributed by atoms with E-state index in [2.05, 4.69) is 24.2 Å². The zero-order valence-corrected chi connectivity index (χ0v) is 11.9. The Hall–Kier alpha value is -1.51. The van der Waals surface area contributed by atoms with Gasteiger partial charge in [0.05, 0.1) is 0 Å². The summed E-state index contributed by atoms with van der Waals surface area (Å²) in [6, 6.07) is 5.89. The summed E-state index contributed by atoms with van der Waals surface area (Å²) >= 11 is 0. The number of carbonyl (C=O) groups excluding carboxylic acids is 1. The Labute approximate surface area is 110 Å². The van der Waals surface area contributed by atoms with Crippen molar-refractivity contribution in [1.82, 2.24) is 0 Å². The van der Waals surface area contributed by atoms with Gasteiger partial charge in [-0.05, 0) is 31.5 Å². The molecular weight excluding hydrogens is 224 g/mol. The molecule has 0 heterocycles. The highest BCUT2D eigenvalue weighted by Gasteiger charge is 2.11. The van der Waals surface area contributed by atoms with E-state index in [0.29, 0.717) is 0 Å². The molecule has 1 rings (SSSR count). The molecule has 0 saturated heterocycles. The van der Waals surface area contributed by atoms with E-state index in [1.54, 1.807) is 6.92 Å². The first-order valence-corrected chi connectivity index (χ1v) is 6.64. The molecule has 1 N–H and O–H groups in total. The molecule has 0 fully saturated rings. The zero-order valence-electron chi connectivity index (χ0n) is 11.9. The topological polar surface area (TPSA) is 32.3 Å². The lowest BCUT2D eigenvalue weighted by Crippen LogP contribution is -2.21. The number of anilines is 2. The van der Waals surface area contributed by atoms with Crippen molar-refractivity contribution in [2.24, 2.45) is 0 Å². The largest absolute Gasteiger partial charge is 0.388 e. The van der Waals surface area contributed by atoms with Gasteiger partial charge in [0, 0.05) is 37.6 Å². The van der Waals surface area contributed by atoms with Crippen molar-refractivity contribution in [3.63, 3.8) is 0 Å². The maximum Gasteiger partial charge on any atom is 0.161 e. The van der Waals surface area contributed by atoms with Crippen molar-refractivity contribution in [3.05, 3.63) is 23.8 Å². The van der Waals surface area contributed by atoms with Gasteiger partial charge in [-0.3, -0.25) is 4.79 Å². The summed E-state index contributed by atoms with van der Waals surface area (Å²) in [7, 11) is 3.94. The maximum absolute atomic E-state index is 11.7. The predicted molar refractivity (Wildman–Crippen MR) is 78.8 cm³/mol. The minimum absolute atomic E-state index is 0.120. The Morgan fingerprint density at radius 3 is 2.61 bits per heavy atom. The third-order valence-electron chi connectivity index (χ3n) is 3.17. The average Bonchev–Trinajstić information content (AvgIpc) is 2.38. The van der Waals surface area contributed by atoms with E-state index in [9.17, 15) is 4.79 Å². The summed E-state index contributed by atoms with van der Waals surface area (Å²) in [5.41, 5.74) is 2.86. The number of rotatable bonds is 7. The molecule has 0 aromatic heterocycles. The Bertz CT molecular complexity index is 401. The van der Waals surface area contributed by atoms with E-state index >= 15 is 0 Å². The third-order valence-corrected chi connectivity index (χ3v) is 3.17. The van der Waals surface area contributed by atoms with Gasteiger partial charge in [0.25, 0.3) is 0 Å². The van der Waals surface area contributed by atoms with Gasteiger partial charge in [-0.15, -0.1) is 0 Å². The fourth-order valence-corrected chi connectivity index (χ4v) is 2.02. The van der Waals surface area contributed by atoms with Gasteiger partial charge in [0.2, 0.25) is 0 Å². The molecule has 0 radical (unpaired) electrons. The molecule has 1 aromatic rings. The van der Waals surface area contributed by atoms with E-state index in [-0.39, 0.29) is 5.78 Å².